The van der Waals surface area contributed by atoms with Crippen molar-refractivity contribution >= 4 is 5.91 Å². The summed E-state index contributed by atoms with van der Waals surface area (Å²) in [6.45, 7) is 1.61. The molecule has 1 amide bonds. The van der Waals surface area contributed by atoms with Crippen molar-refractivity contribution in [1.29, 1.82) is 0 Å². The van der Waals surface area contributed by atoms with Gasteiger partial charge in [-0.15, -0.1) is 0 Å². The topological polar surface area (TPSA) is 42.0 Å². The molecule has 2 rings (SSSR count). The zero-order valence-electron chi connectivity index (χ0n) is 10.5. The van der Waals surface area contributed by atoms with Crippen molar-refractivity contribution in [2.75, 3.05) is 0 Å². The van der Waals surface area contributed by atoms with E-state index in [4.69, 9.17) is 0 Å². The maximum absolute atomic E-state index is 13.4. The van der Waals surface area contributed by atoms with Crippen LogP contribution in [0.15, 0.2) is 36.5 Å². The van der Waals surface area contributed by atoms with Gasteiger partial charge in [0, 0.05) is 6.20 Å². The first-order valence-electron chi connectivity index (χ1n) is 5.85. The van der Waals surface area contributed by atoms with Gasteiger partial charge in [-0.25, -0.2) is 13.8 Å². The first-order valence-corrected chi connectivity index (χ1v) is 5.85. The predicted molar refractivity (Wildman–Crippen MR) is 66.4 cm³/mol. The number of nitrogens with zero attached hydrogens (tertiary/aromatic N) is 1. The molecule has 0 aliphatic heterocycles. The van der Waals surface area contributed by atoms with Gasteiger partial charge >= 0.3 is 0 Å². The fourth-order valence-corrected chi connectivity index (χ4v) is 1.73. The van der Waals surface area contributed by atoms with Crippen LogP contribution in [0, 0.1) is 17.6 Å². The van der Waals surface area contributed by atoms with Gasteiger partial charge in [-0.2, -0.15) is 4.39 Å². The quantitative estimate of drug-likeness (QED) is 0.878. The van der Waals surface area contributed by atoms with Crippen molar-refractivity contribution in [3.8, 4) is 0 Å². The lowest BCUT2D eigenvalue weighted by molar-refractivity contribution is 0.0934. The molecule has 104 valence electrons. The molecule has 0 fully saturated rings. The Labute approximate surface area is 113 Å². The molecule has 1 atom stereocenters. The fourth-order valence-electron chi connectivity index (χ4n) is 1.73. The monoisotopic (exact) mass is 280 g/mol. The molecule has 0 spiro atoms. The molecule has 2 aromatic rings. The number of hydrogen-bond donors (Lipinski definition) is 1. The maximum Gasteiger partial charge on any atom is 0.254 e. The van der Waals surface area contributed by atoms with Crippen molar-refractivity contribution in [2.24, 2.45) is 0 Å². The lowest BCUT2D eigenvalue weighted by Gasteiger charge is -2.14. The van der Waals surface area contributed by atoms with Crippen LogP contribution in [-0.2, 0) is 0 Å². The molecule has 0 aliphatic carbocycles. The van der Waals surface area contributed by atoms with Crippen LogP contribution in [0.3, 0.4) is 0 Å². The van der Waals surface area contributed by atoms with E-state index in [0.717, 1.165) is 12.3 Å². The normalized spacial score (nSPS) is 12.0. The second kappa shape index (κ2) is 5.73. The number of benzene rings is 1. The van der Waals surface area contributed by atoms with Gasteiger partial charge in [0.05, 0.1) is 11.6 Å². The zero-order valence-corrected chi connectivity index (χ0v) is 10.5. The van der Waals surface area contributed by atoms with Crippen LogP contribution in [0.25, 0.3) is 0 Å². The van der Waals surface area contributed by atoms with Gasteiger partial charge in [0.2, 0.25) is 5.95 Å². The van der Waals surface area contributed by atoms with Gasteiger partial charge in [0.25, 0.3) is 5.91 Å². The highest BCUT2D eigenvalue weighted by molar-refractivity contribution is 5.94. The molecule has 1 aromatic carbocycles. The van der Waals surface area contributed by atoms with E-state index in [0.29, 0.717) is 5.56 Å². The van der Waals surface area contributed by atoms with Gasteiger partial charge in [0.15, 0.2) is 5.82 Å². The minimum atomic E-state index is -1.34. The summed E-state index contributed by atoms with van der Waals surface area (Å²) >= 11 is 0. The van der Waals surface area contributed by atoms with Gasteiger partial charge < -0.3 is 5.32 Å². The summed E-state index contributed by atoms with van der Waals surface area (Å²) in [4.78, 5) is 14.9. The third-order valence-corrected chi connectivity index (χ3v) is 2.79. The van der Waals surface area contributed by atoms with Crippen LogP contribution >= 0.6 is 0 Å². The molecule has 1 unspecified atom stereocenters. The first-order chi connectivity index (χ1) is 9.49. The Morgan fingerprint density at radius 2 is 2.00 bits per heavy atom. The van der Waals surface area contributed by atoms with Crippen LogP contribution in [0.2, 0.25) is 0 Å². The van der Waals surface area contributed by atoms with Gasteiger partial charge in [-0.05, 0) is 30.7 Å². The molecule has 1 heterocycles. The summed E-state index contributed by atoms with van der Waals surface area (Å²) in [6, 6.07) is 6.18. The molecule has 1 aromatic heterocycles. The van der Waals surface area contributed by atoms with Gasteiger partial charge in [-0.3, -0.25) is 4.79 Å². The second-order valence-electron chi connectivity index (χ2n) is 4.21. The lowest BCUT2D eigenvalue weighted by atomic mass is 10.1. The van der Waals surface area contributed by atoms with Crippen molar-refractivity contribution in [1.82, 2.24) is 10.3 Å². The predicted octanol–water partition coefficient (Wildman–Crippen LogP) is 2.99. The molecule has 0 bridgehead atoms. The highest BCUT2D eigenvalue weighted by Gasteiger charge is 2.18. The van der Waals surface area contributed by atoms with Crippen molar-refractivity contribution in [3.63, 3.8) is 0 Å². The van der Waals surface area contributed by atoms with Crippen LogP contribution in [0.1, 0.15) is 28.9 Å². The van der Waals surface area contributed by atoms with E-state index in [1.807, 2.05) is 0 Å². The number of nitrogens with one attached hydrogen (secondary N) is 1. The minimum Gasteiger partial charge on any atom is -0.345 e. The number of amides is 1. The second-order valence-corrected chi connectivity index (χ2v) is 4.21. The lowest BCUT2D eigenvalue weighted by Crippen LogP contribution is -2.27. The van der Waals surface area contributed by atoms with E-state index < -0.39 is 35.1 Å². The molecular weight excluding hydrogens is 269 g/mol. The molecule has 0 radical (unpaired) electrons. The van der Waals surface area contributed by atoms with E-state index in [1.54, 1.807) is 13.0 Å². The van der Waals surface area contributed by atoms with Crippen LogP contribution in [0.4, 0.5) is 13.2 Å². The average Bonchev–Trinajstić information content (AvgIpc) is 2.41. The van der Waals surface area contributed by atoms with Crippen molar-refractivity contribution in [3.05, 3.63) is 65.2 Å². The summed E-state index contributed by atoms with van der Waals surface area (Å²) in [5, 5.41) is 2.47. The fraction of sp³-hybridized carbons (Fsp3) is 0.143. The van der Waals surface area contributed by atoms with E-state index in [1.165, 1.54) is 18.2 Å². The number of carbonyl (C=O) groups is 1. The number of carbonyl (C=O) groups excluding carboxylic acids is 1. The first kappa shape index (κ1) is 14.0. The van der Waals surface area contributed by atoms with Gasteiger partial charge in [-0.1, -0.05) is 12.1 Å². The standard InChI is InChI=1S/C14H11F3N2O/c1-8(9-3-2-4-10(15)7-9)19-14(20)11-5-6-18-13(17)12(11)16/h2-8H,1H3,(H,19,20). The van der Waals surface area contributed by atoms with E-state index in [9.17, 15) is 18.0 Å². The van der Waals surface area contributed by atoms with E-state index in [-0.39, 0.29) is 0 Å². The number of aromatic nitrogens is 1. The summed E-state index contributed by atoms with van der Waals surface area (Å²) in [5.74, 6) is -3.88. The average molecular weight is 280 g/mol. The van der Waals surface area contributed by atoms with Gasteiger partial charge in [0.1, 0.15) is 5.82 Å². The van der Waals surface area contributed by atoms with Crippen molar-refractivity contribution < 1.29 is 18.0 Å². The summed E-state index contributed by atoms with van der Waals surface area (Å²) < 4.78 is 39.4. The van der Waals surface area contributed by atoms with E-state index in [2.05, 4.69) is 10.3 Å². The Morgan fingerprint density at radius 3 is 2.70 bits per heavy atom. The molecule has 3 nitrogen and oxygen atoms in total. The zero-order chi connectivity index (χ0) is 14.7. The number of hydrogen-bond acceptors (Lipinski definition) is 2. The largest absolute Gasteiger partial charge is 0.345 e. The molecule has 0 saturated carbocycles. The Kier molecular flexibility index (Phi) is 4.02. The van der Waals surface area contributed by atoms with E-state index >= 15 is 0 Å². The Balaban J connectivity index is 2.17. The minimum absolute atomic E-state index is 0.440. The molecule has 0 aliphatic rings. The summed E-state index contributed by atoms with van der Waals surface area (Å²) in [7, 11) is 0. The molecule has 6 heteroatoms. The van der Waals surface area contributed by atoms with Crippen molar-refractivity contribution in [2.45, 2.75) is 13.0 Å². The Bertz CT molecular complexity index is 646. The summed E-state index contributed by atoms with van der Waals surface area (Å²) in [6.07, 6.45) is 1.00. The SMILES string of the molecule is CC(NC(=O)c1ccnc(F)c1F)c1cccc(F)c1. The molecular formula is C14H11F3N2O. The number of pyridine rings is 1. The maximum atomic E-state index is 13.4. The Hall–Kier alpha value is -2.37. The third-order valence-electron chi connectivity index (χ3n) is 2.79. The summed E-state index contributed by atoms with van der Waals surface area (Å²) in [5.41, 5.74) is 0.0778. The Morgan fingerprint density at radius 1 is 1.25 bits per heavy atom. The highest BCUT2D eigenvalue weighted by atomic mass is 19.2. The number of halogens is 3. The highest BCUT2D eigenvalue weighted by Crippen LogP contribution is 2.15. The number of rotatable bonds is 3. The molecule has 20 heavy (non-hydrogen) atoms. The molecule has 0 saturated heterocycles. The van der Waals surface area contributed by atoms with Crippen LogP contribution in [0.5, 0.6) is 0 Å². The van der Waals surface area contributed by atoms with Crippen LogP contribution in [-0.4, -0.2) is 10.9 Å². The molecule has 1 N–H and O–H groups in total. The third kappa shape index (κ3) is 2.96. The smallest absolute Gasteiger partial charge is 0.254 e. The van der Waals surface area contributed by atoms with Crippen LogP contribution < -0.4 is 5.32 Å².